The monoisotopic (exact) mass is 250 g/mol. The van der Waals surface area contributed by atoms with Crippen molar-refractivity contribution >= 4 is 0 Å². The van der Waals surface area contributed by atoms with Crippen LogP contribution in [0, 0.1) is 11.3 Å². The lowest BCUT2D eigenvalue weighted by molar-refractivity contribution is 0.0525. The minimum absolute atomic E-state index is 0.0826. The maximum Gasteiger partial charge on any atom is 0.233 e. The summed E-state index contributed by atoms with van der Waals surface area (Å²) in [5.74, 6) is 1.24. The maximum atomic E-state index is 8.91. The number of hydrogen-bond acceptors (Lipinski definition) is 4. The van der Waals surface area contributed by atoms with Gasteiger partial charge in [-0.3, -0.25) is 0 Å². The number of aliphatic hydroxyl groups is 1. The lowest BCUT2D eigenvalue weighted by Crippen LogP contribution is -2.34. The highest BCUT2D eigenvalue weighted by molar-refractivity contribution is 5.11. The third-order valence-electron chi connectivity index (χ3n) is 3.49. The van der Waals surface area contributed by atoms with Gasteiger partial charge in [-0.1, -0.05) is 20.8 Å². The van der Waals surface area contributed by atoms with E-state index in [2.05, 4.69) is 31.0 Å². The standard InChI is InChI=1S/C14H22N2O2/c1-10-6-12(8-14(2,3)7-10)18-13-5-4-11(9-17)15-16-13/h4-5,10,12,17H,6-9H2,1-3H3. The van der Waals surface area contributed by atoms with Gasteiger partial charge in [-0.05, 0) is 36.7 Å². The smallest absolute Gasteiger partial charge is 0.233 e. The minimum Gasteiger partial charge on any atom is -0.473 e. The molecule has 1 aliphatic rings. The summed E-state index contributed by atoms with van der Waals surface area (Å²) in [6.45, 7) is 6.78. The summed E-state index contributed by atoms with van der Waals surface area (Å²) in [6.07, 6.45) is 3.60. The van der Waals surface area contributed by atoms with Gasteiger partial charge in [-0.2, -0.15) is 0 Å². The summed E-state index contributed by atoms with van der Waals surface area (Å²) in [4.78, 5) is 0. The second-order valence-electron chi connectivity index (χ2n) is 6.17. The summed E-state index contributed by atoms with van der Waals surface area (Å²) >= 11 is 0. The van der Waals surface area contributed by atoms with Crippen molar-refractivity contribution in [2.45, 2.75) is 52.7 Å². The molecule has 1 aromatic heterocycles. The highest BCUT2D eigenvalue weighted by Gasteiger charge is 2.33. The molecule has 0 radical (unpaired) electrons. The molecule has 0 aliphatic heterocycles. The van der Waals surface area contributed by atoms with Crippen LogP contribution in [0.4, 0.5) is 0 Å². The van der Waals surface area contributed by atoms with E-state index in [9.17, 15) is 0 Å². The van der Waals surface area contributed by atoms with Crippen LogP contribution in [-0.2, 0) is 6.61 Å². The number of ether oxygens (including phenoxy) is 1. The molecule has 2 unspecified atom stereocenters. The lowest BCUT2D eigenvalue weighted by Gasteiger charge is -2.38. The van der Waals surface area contributed by atoms with Crippen molar-refractivity contribution in [1.29, 1.82) is 0 Å². The number of nitrogens with zero attached hydrogens (tertiary/aromatic N) is 2. The summed E-state index contributed by atoms with van der Waals surface area (Å²) < 4.78 is 5.91. The van der Waals surface area contributed by atoms with Crippen molar-refractivity contribution in [2.24, 2.45) is 11.3 Å². The van der Waals surface area contributed by atoms with Gasteiger partial charge >= 0.3 is 0 Å². The van der Waals surface area contributed by atoms with Crippen molar-refractivity contribution in [3.05, 3.63) is 17.8 Å². The zero-order chi connectivity index (χ0) is 13.2. The molecule has 1 saturated carbocycles. The van der Waals surface area contributed by atoms with E-state index in [4.69, 9.17) is 9.84 Å². The summed E-state index contributed by atoms with van der Waals surface area (Å²) in [5, 5.41) is 16.8. The Labute approximate surface area is 108 Å². The molecule has 100 valence electrons. The second-order valence-corrected chi connectivity index (χ2v) is 6.17. The lowest BCUT2D eigenvalue weighted by atomic mass is 9.71. The molecule has 1 N–H and O–H groups in total. The fourth-order valence-electron chi connectivity index (χ4n) is 3.01. The van der Waals surface area contributed by atoms with E-state index >= 15 is 0 Å². The van der Waals surface area contributed by atoms with Crippen LogP contribution in [0.1, 0.15) is 45.7 Å². The quantitative estimate of drug-likeness (QED) is 0.895. The summed E-state index contributed by atoms with van der Waals surface area (Å²) in [5.41, 5.74) is 0.903. The number of aromatic nitrogens is 2. The molecule has 4 heteroatoms. The Morgan fingerprint density at radius 3 is 2.67 bits per heavy atom. The molecule has 0 bridgehead atoms. The molecule has 0 saturated heterocycles. The third-order valence-corrected chi connectivity index (χ3v) is 3.49. The van der Waals surface area contributed by atoms with E-state index in [1.54, 1.807) is 12.1 Å². The van der Waals surface area contributed by atoms with Gasteiger partial charge in [0.05, 0.1) is 12.3 Å². The van der Waals surface area contributed by atoms with Gasteiger partial charge in [-0.25, -0.2) is 0 Å². The molecule has 2 rings (SSSR count). The minimum atomic E-state index is -0.0826. The Bertz CT molecular complexity index is 389. The predicted octanol–water partition coefficient (Wildman–Crippen LogP) is 2.56. The van der Waals surface area contributed by atoms with Gasteiger partial charge in [0.25, 0.3) is 0 Å². The van der Waals surface area contributed by atoms with Crippen molar-refractivity contribution in [2.75, 3.05) is 0 Å². The first kappa shape index (κ1) is 13.3. The first-order chi connectivity index (χ1) is 8.48. The second kappa shape index (κ2) is 5.22. The largest absolute Gasteiger partial charge is 0.473 e. The molecule has 4 nitrogen and oxygen atoms in total. The van der Waals surface area contributed by atoms with Crippen LogP contribution in [-0.4, -0.2) is 21.4 Å². The molecule has 0 spiro atoms. The van der Waals surface area contributed by atoms with Gasteiger partial charge in [0, 0.05) is 6.07 Å². The molecule has 0 aromatic carbocycles. The van der Waals surface area contributed by atoms with E-state index in [0.29, 0.717) is 22.9 Å². The van der Waals surface area contributed by atoms with Crippen LogP contribution in [0.25, 0.3) is 0 Å². The Morgan fingerprint density at radius 1 is 1.33 bits per heavy atom. The summed E-state index contributed by atoms with van der Waals surface area (Å²) in [6, 6.07) is 3.53. The average molecular weight is 250 g/mol. The first-order valence-corrected chi connectivity index (χ1v) is 6.58. The molecule has 18 heavy (non-hydrogen) atoms. The average Bonchev–Trinajstić information content (AvgIpc) is 2.27. The van der Waals surface area contributed by atoms with Crippen molar-refractivity contribution in [3.63, 3.8) is 0 Å². The van der Waals surface area contributed by atoms with Gasteiger partial charge < -0.3 is 9.84 Å². The third kappa shape index (κ3) is 3.42. The Kier molecular flexibility index (Phi) is 3.85. The zero-order valence-electron chi connectivity index (χ0n) is 11.4. The molecule has 2 atom stereocenters. The molecule has 1 fully saturated rings. The van der Waals surface area contributed by atoms with Crippen molar-refractivity contribution in [1.82, 2.24) is 10.2 Å². The van der Waals surface area contributed by atoms with Crippen LogP contribution < -0.4 is 4.74 Å². The van der Waals surface area contributed by atoms with Crippen LogP contribution in [0.5, 0.6) is 5.88 Å². The van der Waals surface area contributed by atoms with E-state index in [0.717, 1.165) is 12.8 Å². The number of rotatable bonds is 3. The maximum absolute atomic E-state index is 8.91. The molecule has 1 aliphatic carbocycles. The molecule has 1 heterocycles. The van der Waals surface area contributed by atoms with Crippen LogP contribution in [0.2, 0.25) is 0 Å². The number of aliphatic hydroxyl groups excluding tert-OH is 1. The van der Waals surface area contributed by atoms with Crippen LogP contribution in [0.15, 0.2) is 12.1 Å². The highest BCUT2D eigenvalue weighted by Crippen LogP contribution is 2.39. The van der Waals surface area contributed by atoms with Crippen molar-refractivity contribution in [3.8, 4) is 5.88 Å². The Morgan fingerprint density at radius 2 is 2.11 bits per heavy atom. The van der Waals surface area contributed by atoms with E-state index < -0.39 is 0 Å². The van der Waals surface area contributed by atoms with E-state index in [-0.39, 0.29) is 12.7 Å². The molecular weight excluding hydrogens is 228 g/mol. The topological polar surface area (TPSA) is 55.2 Å². The van der Waals surface area contributed by atoms with Gasteiger partial charge in [-0.15, -0.1) is 10.2 Å². The normalized spacial score (nSPS) is 26.9. The first-order valence-electron chi connectivity index (χ1n) is 6.58. The Balaban J connectivity index is 1.99. The number of hydrogen-bond donors (Lipinski definition) is 1. The van der Waals surface area contributed by atoms with E-state index in [1.165, 1.54) is 6.42 Å². The SMILES string of the molecule is CC1CC(Oc2ccc(CO)nn2)CC(C)(C)C1. The van der Waals surface area contributed by atoms with Crippen molar-refractivity contribution < 1.29 is 9.84 Å². The van der Waals surface area contributed by atoms with Gasteiger partial charge in [0.1, 0.15) is 6.10 Å². The van der Waals surface area contributed by atoms with Crippen LogP contribution >= 0.6 is 0 Å². The predicted molar refractivity (Wildman–Crippen MR) is 69.2 cm³/mol. The fourth-order valence-corrected chi connectivity index (χ4v) is 3.01. The van der Waals surface area contributed by atoms with Gasteiger partial charge in [0.15, 0.2) is 0 Å². The molecule has 0 amide bonds. The van der Waals surface area contributed by atoms with Gasteiger partial charge in [0.2, 0.25) is 5.88 Å². The zero-order valence-corrected chi connectivity index (χ0v) is 11.4. The summed E-state index contributed by atoms with van der Waals surface area (Å²) in [7, 11) is 0. The fraction of sp³-hybridized carbons (Fsp3) is 0.714. The highest BCUT2D eigenvalue weighted by atomic mass is 16.5. The van der Waals surface area contributed by atoms with Crippen LogP contribution in [0.3, 0.4) is 0 Å². The molecular formula is C14H22N2O2. The Hall–Kier alpha value is -1.16. The molecule has 1 aromatic rings. The van der Waals surface area contributed by atoms with E-state index in [1.807, 2.05) is 0 Å².